The number of carbonyl (C=O) groups excluding carboxylic acids is 2. The normalized spacial score (nSPS) is 17.0. The lowest BCUT2D eigenvalue weighted by Crippen LogP contribution is -2.48. The van der Waals surface area contributed by atoms with Crippen LogP contribution in [0.25, 0.3) is 0 Å². The third-order valence-corrected chi connectivity index (χ3v) is 5.05. The molecule has 0 bridgehead atoms. The highest BCUT2D eigenvalue weighted by atomic mass is 16.2. The maximum atomic E-state index is 12.6. The Balaban J connectivity index is 1.79. The number of nitrogens with one attached hydrogen (secondary N) is 2. The standard InChI is InChI=1S/C21H33N3O2/c1-16-11-13-19(14-12-16)23-20(25)15-24(3)21(26)17(2)22-18-9-7-5-4-6-8-10-18/h11-14,17-18,22H,4-10,15H2,1-3H3,(H,23,25)/t17-/m1/s1. The number of hydrogen-bond acceptors (Lipinski definition) is 3. The van der Waals surface area contributed by atoms with Crippen LogP contribution in [0.3, 0.4) is 0 Å². The van der Waals surface area contributed by atoms with Gasteiger partial charge < -0.3 is 15.5 Å². The van der Waals surface area contributed by atoms with E-state index in [1.165, 1.54) is 37.0 Å². The van der Waals surface area contributed by atoms with Crippen LogP contribution in [0.15, 0.2) is 24.3 Å². The first-order valence-electron chi connectivity index (χ1n) is 9.83. The molecular weight excluding hydrogens is 326 g/mol. The SMILES string of the molecule is Cc1ccc(NC(=O)CN(C)C(=O)[C@@H](C)NC2CCCCCCC2)cc1. The number of benzene rings is 1. The van der Waals surface area contributed by atoms with Crippen molar-refractivity contribution in [3.63, 3.8) is 0 Å². The first-order valence-corrected chi connectivity index (χ1v) is 9.83. The zero-order chi connectivity index (χ0) is 18.9. The zero-order valence-electron chi connectivity index (χ0n) is 16.4. The van der Waals surface area contributed by atoms with E-state index in [-0.39, 0.29) is 24.4 Å². The molecule has 1 aromatic rings. The van der Waals surface area contributed by atoms with Gasteiger partial charge >= 0.3 is 0 Å². The van der Waals surface area contributed by atoms with Crippen LogP contribution in [-0.2, 0) is 9.59 Å². The van der Waals surface area contributed by atoms with Gasteiger partial charge in [-0.3, -0.25) is 9.59 Å². The van der Waals surface area contributed by atoms with Gasteiger partial charge in [-0.15, -0.1) is 0 Å². The minimum absolute atomic E-state index is 0.0360. The third kappa shape index (κ3) is 6.79. The highest BCUT2D eigenvalue weighted by Crippen LogP contribution is 2.17. The Kier molecular flexibility index (Phi) is 8.10. The average molecular weight is 360 g/mol. The second-order valence-electron chi connectivity index (χ2n) is 7.54. The summed E-state index contributed by atoms with van der Waals surface area (Å²) in [6.45, 7) is 3.96. The Morgan fingerprint density at radius 2 is 1.65 bits per heavy atom. The van der Waals surface area contributed by atoms with Crippen LogP contribution < -0.4 is 10.6 Å². The largest absolute Gasteiger partial charge is 0.335 e. The van der Waals surface area contributed by atoms with E-state index in [4.69, 9.17) is 0 Å². The van der Waals surface area contributed by atoms with Gasteiger partial charge in [-0.2, -0.15) is 0 Å². The van der Waals surface area contributed by atoms with Crippen LogP contribution in [0.5, 0.6) is 0 Å². The first kappa shape index (κ1) is 20.4. The van der Waals surface area contributed by atoms with Crippen molar-refractivity contribution in [2.24, 2.45) is 0 Å². The van der Waals surface area contributed by atoms with Gasteiger partial charge in [0.15, 0.2) is 0 Å². The molecule has 1 aliphatic rings. The maximum absolute atomic E-state index is 12.6. The molecule has 5 nitrogen and oxygen atoms in total. The third-order valence-electron chi connectivity index (χ3n) is 5.05. The van der Waals surface area contributed by atoms with Crippen LogP contribution in [0.1, 0.15) is 57.4 Å². The molecule has 0 radical (unpaired) electrons. The van der Waals surface area contributed by atoms with E-state index in [0.717, 1.165) is 24.1 Å². The van der Waals surface area contributed by atoms with Crippen molar-refractivity contribution < 1.29 is 9.59 Å². The van der Waals surface area contributed by atoms with Gasteiger partial charge in [0.25, 0.3) is 0 Å². The summed E-state index contributed by atoms with van der Waals surface area (Å²) < 4.78 is 0. The molecule has 0 unspecified atom stereocenters. The predicted octanol–water partition coefficient (Wildman–Crippen LogP) is 3.48. The number of amides is 2. The molecule has 144 valence electrons. The molecule has 1 atom stereocenters. The van der Waals surface area contributed by atoms with Crippen LogP contribution in [0.2, 0.25) is 0 Å². The monoisotopic (exact) mass is 359 g/mol. The quantitative estimate of drug-likeness (QED) is 0.817. The summed E-state index contributed by atoms with van der Waals surface area (Å²) in [4.78, 5) is 26.3. The lowest BCUT2D eigenvalue weighted by atomic mass is 9.96. The summed E-state index contributed by atoms with van der Waals surface area (Å²) in [5, 5.41) is 6.31. The Hall–Kier alpha value is -1.88. The topological polar surface area (TPSA) is 61.4 Å². The number of carbonyl (C=O) groups is 2. The summed E-state index contributed by atoms with van der Waals surface area (Å²) >= 11 is 0. The zero-order valence-corrected chi connectivity index (χ0v) is 16.4. The van der Waals surface area contributed by atoms with Gasteiger partial charge in [-0.25, -0.2) is 0 Å². The molecule has 0 saturated heterocycles. The lowest BCUT2D eigenvalue weighted by Gasteiger charge is -2.27. The van der Waals surface area contributed by atoms with Gasteiger partial charge in [0.2, 0.25) is 11.8 Å². The molecule has 2 rings (SSSR count). The van der Waals surface area contributed by atoms with Crippen molar-refractivity contribution in [1.82, 2.24) is 10.2 Å². The van der Waals surface area contributed by atoms with Crippen LogP contribution in [0.4, 0.5) is 5.69 Å². The molecule has 0 aromatic heterocycles. The summed E-state index contributed by atoms with van der Waals surface area (Å²) in [5.41, 5.74) is 1.89. The van der Waals surface area contributed by atoms with Crippen molar-refractivity contribution >= 4 is 17.5 Å². The van der Waals surface area contributed by atoms with Gasteiger partial charge in [-0.1, -0.05) is 49.8 Å². The molecule has 26 heavy (non-hydrogen) atoms. The van der Waals surface area contributed by atoms with Crippen molar-refractivity contribution in [2.75, 3.05) is 18.9 Å². The van der Waals surface area contributed by atoms with E-state index < -0.39 is 0 Å². The molecule has 1 aromatic carbocycles. The highest BCUT2D eigenvalue weighted by molar-refractivity contribution is 5.95. The number of rotatable bonds is 6. The molecule has 2 amide bonds. The van der Waals surface area contributed by atoms with E-state index in [1.54, 1.807) is 7.05 Å². The fraction of sp³-hybridized carbons (Fsp3) is 0.619. The van der Waals surface area contributed by atoms with Crippen molar-refractivity contribution in [1.29, 1.82) is 0 Å². The van der Waals surface area contributed by atoms with Crippen LogP contribution in [-0.4, -0.2) is 42.4 Å². The summed E-state index contributed by atoms with van der Waals surface area (Å²) in [7, 11) is 1.69. The van der Waals surface area contributed by atoms with E-state index in [2.05, 4.69) is 10.6 Å². The number of anilines is 1. The number of aryl methyl sites for hydroxylation is 1. The molecule has 2 N–H and O–H groups in total. The number of likely N-dealkylation sites (N-methyl/N-ethyl adjacent to an activating group) is 1. The first-order chi connectivity index (χ1) is 12.5. The molecule has 5 heteroatoms. The molecule has 1 aliphatic carbocycles. The molecular formula is C21H33N3O2. The second-order valence-corrected chi connectivity index (χ2v) is 7.54. The summed E-state index contributed by atoms with van der Waals surface area (Å²) in [5.74, 6) is -0.214. The predicted molar refractivity (Wildman–Crippen MR) is 106 cm³/mol. The van der Waals surface area contributed by atoms with E-state index in [9.17, 15) is 9.59 Å². The van der Waals surface area contributed by atoms with Crippen molar-refractivity contribution in [2.45, 2.75) is 70.9 Å². The molecule has 1 saturated carbocycles. The van der Waals surface area contributed by atoms with Gasteiger partial charge in [-0.05, 0) is 38.8 Å². The Morgan fingerprint density at radius 3 is 2.27 bits per heavy atom. The maximum Gasteiger partial charge on any atom is 0.243 e. The van der Waals surface area contributed by atoms with E-state index >= 15 is 0 Å². The molecule has 1 fully saturated rings. The summed E-state index contributed by atoms with van der Waals surface area (Å²) in [6.07, 6.45) is 8.64. The second kappa shape index (κ2) is 10.3. The average Bonchev–Trinajstić information content (AvgIpc) is 2.58. The summed E-state index contributed by atoms with van der Waals surface area (Å²) in [6, 6.07) is 7.78. The van der Waals surface area contributed by atoms with Gasteiger partial charge in [0.05, 0.1) is 12.6 Å². The van der Waals surface area contributed by atoms with Gasteiger partial charge in [0.1, 0.15) is 0 Å². The van der Waals surface area contributed by atoms with Gasteiger partial charge in [0, 0.05) is 18.8 Å². The van der Waals surface area contributed by atoms with Crippen molar-refractivity contribution in [3.05, 3.63) is 29.8 Å². The van der Waals surface area contributed by atoms with Crippen molar-refractivity contribution in [3.8, 4) is 0 Å². The fourth-order valence-electron chi connectivity index (χ4n) is 3.51. The number of nitrogens with zero attached hydrogens (tertiary/aromatic N) is 1. The fourth-order valence-corrected chi connectivity index (χ4v) is 3.51. The Morgan fingerprint density at radius 1 is 1.08 bits per heavy atom. The Labute approximate surface area is 157 Å². The number of hydrogen-bond donors (Lipinski definition) is 2. The molecule has 0 aliphatic heterocycles. The van der Waals surface area contributed by atoms with E-state index in [1.807, 2.05) is 38.1 Å². The minimum Gasteiger partial charge on any atom is -0.335 e. The van der Waals surface area contributed by atoms with Crippen LogP contribution in [0, 0.1) is 6.92 Å². The lowest BCUT2D eigenvalue weighted by molar-refractivity contribution is -0.135. The van der Waals surface area contributed by atoms with Crippen LogP contribution >= 0.6 is 0 Å². The highest BCUT2D eigenvalue weighted by Gasteiger charge is 2.22. The molecule has 0 heterocycles. The Bertz CT molecular complexity index is 577. The minimum atomic E-state index is -0.267. The smallest absolute Gasteiger partial charge is 0.243 e. The molecule has 0 spiro atoms. The van der Waals surface area contributed by atoms with E-state index in [0.29, 0.717) is 6.04 Å².